The van der Waals surface area contributed by atoms with Crippen molar-refractivity contribution >= 4 is 17.5 Å². The molecule has 29 heavy (non-hydrogen) atoms. The summed E-state index contributed by atoms with van der Waals surface area (Å²) in [5.74, 6) is -3.61. The number of nitrogens with zero attached hydrogens (tertiary/aromatic N) is 4. The molecule has 2 heterocycles. The van der Waals surface area contributed by atoms with E-state index < -0.39 is 23.4 Å². The Balaban J connectivity index is 1.89. The maximum absolute atomic E-state index is 14.4. The molecule has 0 fully saturated rings. The highest BCUT2D eigenvalue weighted by molar-refractivity contribution is 6.03. The quantitative estimate of drug-likeness (QED) is 0.683. The fourth-order valence-electron chi connectivity index (χ4n) is 2.71. The third kappa shape index (κ3) is 4.48. The Bertz CT molecular complexity index is 1030. The van der Waals surface area contributed by atoms with Crippen molar-refractivity contribution in [2.75, 3.05) is 5.32 Å². The summed E-state index contributed by atoms with van der Waals surface area (Å²) >= 11 is 0. The maximum atomic E-state index is 14.4. The molecule has 0 radical (unpaired) electrons. The lowest BCUT2D eigenvalue weighted by Gasteiger charge is -2.26. The second-order valence-corrected chi connectivity index (χ2v) is 6.68. The third-order valence-electron chi connectivity index (χ3n) is 4.19. The minimum absolute atomic E-state index is 0.151. The van der Waals surface area contributed by atoms with Gasteiger partial charge in [0.2, 0.25) is 5.76 Å². The van der Waals surface area contributed by atoms with Crippen LogP contribution >= 0.6 is 0 Å². The van der Waals surface area contributed by atoms with Crippen molar-refractivity contribution < 1.29 is 22.8 Å². The van der Waals surface area contributed by atoms with Gasteiger partial charge < -0.3 is 14.6 Å². The number of rotatable bonds is 6. The van der Waals surface area contributed by atoms with Crippen LogP contribution in [0.3, 0.4) is 0 Å². The molecule has 152 valence electrons. The number of hydrogen-bond acceptors (Lipinski definition) is 5. The van der Waals surface area contributed by atoms with Crippen molar-refractivity contribution in [2.24, 2.45) is 7.05 Å². The summed E-state index contributed by atoms with van der Waals surface area (Å²) < 4.78 is 35.0. The largest absolute Gasteiger partial charge is 0.438 e. The fourth-order valence-corrected chi connectivity index (χ4v) is 2.71. The van der Waals surface area contributed by atoms with E-state index in [4.69, 9.17) is 4.42 Å². The Labute approximate surface area is 165 Å². The summed E-state index contributed by atoms with van der Waals surface area (Å²) in [7, 11) is 1.74. The van der Waals surface area contributed by atoms with Crippen molar-refractivity contribution in [2.45, 2.75) is 26.4 Å². The first-order valence-electron chi connectivity index (χ1n) is 8.73. The highest BCUT2D eigenvalue weighted by Crippen LogP contribution is 2.23. The Morgan fingerprint density at radius 3 is 2.59 bits per heavy atom. The zero-order valence-corrected chi connectivity index (χ0v) is 16.0. The van der Waals surface area contributed by atoms with Crippen molar-refractivity contribution in [1.29, 1.82) is 0 Å². The molecule has 3 aromatic rings. The molecular weight excluding hydrogens is 384 g/mol. The maximum Gasteiger partial charge on any atom is 0.293 e. The third-order valence-corrected chi connectivity index (χ3v) is 4.19. The lowest BCUT2D eigenvalue weighted by molar-refractivity contribution is 0.0685. The highest BCUT2D eigenvalue weighted by atomic mass is 19.1. The molecule has 0 aliphatic rings. The minimum Gasteiger partial charge on any atom is -0.438 e. The molecule has 1 aromatic carbocycles. The summed E-state index contributed by atoms with van der Waals surface area (Å²) in [6.45, 7) is 3.76. The summed E-state index contributed by atoms with van der Waals surface area (Å²) in [5.41, 5.74) is 0.0500. The molecule has 0 aliphatic heterocycles. The van der Waals surface area contributed by atoms with Crippen LogP contribution in [-0.2, 0) is 13.6 Å². The van der Waals surface area contributed by atoms with E-state index in [2.05, 4.69) is 15.4 Å². The van der Waals surface area contributed by atoms with Gasteiger partial charge in [0, 0.05) is 37.5 Å². The van der Waals surface area contributed by atoms with Gasteiger partial charge in [-0.1, -0.05) is 0 Å². The van der Waals surface area contributed by atoms with Crippen molar-refractivity contribution in [3.63, 3.8) is 0 Å². The van der Waals surface area contributed by atoms with Crippen LogP contribution in [0.4, 0.5) is 14.5 Å². The number of anilines is 1. The van der Waals surface area contributed by atoms with E-state index >= 15 is 0 Å². The first-order valence-corrected chi connectivity index (χ1v) is 8.73. The molecule has 2 amide bonds. The van der Waals surface area contributed by atoms with Crippen LogP contribution in [0, 0.1) is 11.6 Å². The number of halogens is 2. The van der Waals surface area contributed by atoms with E-state index in [0.717, 1.165) is 24.2 Å². The van der Waals surface area contributed by atoms with Gasteiger partial charge in [-0.15, -0.1) is 0 Å². The number of carbonyl (C=O) groups excluding carboxylic acids is 2. The topological polar surface area (TPSA) is 93.3 Å². The number of aromatic nitrogens is 3. The van der Waals surface area contributed by atoms with Gasteiger partial charge in [0.05, 0.1) is 23.6 Å². The molecule has 8 nitrogen and oxygen atoms in total. The zero-order chi connectivity index (χ0) is 21.1. The molecule has 1 N–H and O–H groups in total. The first-order chi connectivity index (χ1) is 13.8. The molecule has 3 rings (SSSR count). The standard InChI is InChI=1S/C19H19F2N5O3/c1-11(2)26(9-12-6-23-25(3)8-12)19(28)13-4-16(15(21)5-14(13)20)24-18(27)17-7-22-10-29-17/h4-8,10-11H,9H2,1-3H3,(H,24,27). The SMILES string of the molecule is CC(C)N(Cc1cnn(C)c1)C(=O)c1cc(NC(=O)c2cnco2)c(F)cc1F. The number of nitrogens with one attached hydrogen (secondary N) is 1. The van der Waals surface area contributed by atoms with Crippen molar-refractivity contribution in [3.8, 4) is 0 Å². The van der Waals surface area contributed by atoms with E-state index in [-0.39, 0.29) is 29.6 Å². The van der Waals surface area contributed by atoms with Crippen LogP contribution in [0.5, 0.6) is 0 Å². The van der Waals surface area contributed by atoms with Gasteiger partial charge in [-0.3, -0.25) is 14.3 Å². The molecule has 0 saturated carbocycles. The second-order valence-electron chi connectivity index (χ2n) is 6.68. The highest BCUT2D eigenvalue weighted by Gasteiger charge is 2.25. The zero-order valence-electron chi connectivity index (χ0n) is 16.0. The predicted octanol–water partition coefficient (Wildman–Crippen LogP) is 2.99. The summed E-state index contributed by atoms with van der Waals surface area (Å²) in [6.07, 6.45) is 5.54. The van der Waals surface area contributed by atoms with Gasteiger partial charge >= 0.3 is 0 Å². The van der Waals surface area contributed by atoms with Crippen molar-refractivity contribution in [3.05, 3.63) is 65.6 Å². The van der Waals surface area contributed by atoms with Crippen LogP contribution in [0.25, 0.3) is 0 Å². The smallest absolute Gasteiger partial charge is 0.293 e. The van der Waals surface area contributed by atoms with Crippen LogP contribution in [0.2, 0.25) is 0 Å². The summed E-state index contributed by atoms with van der Waals surface area (Å²) in [5, 5.41) is 6.31. The second kappa shape index (κ2) is 8.21. The van der Waals surface area contributed by atoms with Gasteiger partial charge in [0.1, 0.15) is 11.6 Å². The number of hydrogen-bond donors (Lipinski definition) is 1. The summed E-state index contributed by atoms with van der Waals surface area (Å²) in [4.78, 5) is 30.1. The van der Waals surface area contributed by atoms with E-state index in [1.54, 1.807) is 38.0 Å². The van der Waals surface area contributed by atoms with Crippen molar-refractivity contribution in [1.82, 2.24) is 19.7 Å². The molecule has 2 aromatic heterocycles. The van der Waals surface area contributed by atoms with Gasteiger partial charge in [-0.2, -0.15) is 5.10 Å². The van der Waals surface area contributed by atoms with Gasteiger partial charge in [0.25, 0.3) is 11.8 Å². The van der Waals surface area contributed by atoms with Gasteiger partial charge in [-0.25, -0.2) is 13.8 Å². The molecule has 0 aliphatic carbocycles. The number of carbonyl (C=O) groups is 2. The Kier molecular flexibility index (Phi) is 5.71. The summed E-state index contributed by atoms with van der Waals surface area (Å²) in [6, 6.07) is 1.27. The molecule has 10 heteroatoms. The van der Waals surface area contributed by atoms with Crippen LogP contribution in [-0.4, -0.2) is 37.5 Å². The average molecular weight is 403 g/mol. The molecule has 0 spiro atoms. The van der Waals surface area contributed by atoms with Crippen LogP contribution in [0.1, 0.15) is 40.3 Å². The number of benzene rings is 1. The van der Waals surface area contributed by atoms with Crippen LogP contribution in [0.15, 0.2) is 41.5 Å². The number of aryl methyl sites for hydroxylation is 1. The van der Waals surface area contributed by atoms with Gasteiger partial charge in [0.15, 0.2) is 6.39 Å². The van der Waals surface area contributed by atoms with E-state index in [0.29, 0.717) is 6.07 Å². The van der Waals surface area contributed by atoms with Crippen LogP contribution < -0.4 is 5.32 Å². The molecule has 0 atom stereocenters. The molecular formula is C19H19F2N5O3. The van der Waals surface area contributed by atoms with Gasteiger partial charge in [-0.05, 0) is 19.9 Å². The van der Waals surface area contributed by atoms with E-state index in [1.807, 2.05) is 0 Å². The Morgan fingerprint density at radius 2 is 2.00 bits per heavy atom. The Hall–Kier alpha value is -3.56. The molecule has 0 unspecified atom stereocenters. The number of amides is 2. The first kappa shape index (κ1) is 20.2. The molecule has 0 saturated heterocycles. The predicted molar refractivity (Wildman–Crippen MR) is 99.0 cm³/mol. The Morgan fingerprint density at radius 1 is 1.24 bits per heavy atom. The molecule has 0 bridgehead atoms. The number of oxazole rings is 1. The van der Waals surface area contributed by atoms with E-state index in [1.165, 1.54) is 4.90 Å². The lowest BCUT2D eigenvalue weighted by atomic mass is 10.1. The minimum atomic E-state index is -1.03. The monoisotopic (exact) mass is 403 g/mol. The lowest BCUT2D eigenvalue weighted by Crippen LogP contribution is -2.37. The average Bonchev–Trinajstić information content (AvgIpc) is 3.33. The van der Waals surface area contributed by atoms with E-state index in [9.17, 15) is 18.4 Å². The fraction of sp³-hybridized carbons (Fsp3) is 0.263. The normalized spacial score (nSPS) is 11.0.